The third-order valence-electron chi connectivity index (χ3n) is 5.99. The van der Waals surface area contributed by atoms with Crippen LogP contribution in [0.5, 0.6) is 0 Å². The fourth-order valence-corrected chi connectivity index (χ4v) is 5.39. The van der Waals surface area contributed by atoms with Crippen LogP contribution in [0.25, 0.3) is 10.2 Å². The highest BCUT2D eigenvalue weighted by molar-refractivity contribution is 7.18. The van der Waals surface area contributed by atoms with E-state index in [0.29, 0.717) is 24.3 Å². The van der Waals surface area contributed by atoms with Crippen molar-refractivity contribution in [2.45, 2.75) is 52.5 Å². The molecular formula is C24H28N4O3S. The molecule has 3 aromatic rings. The molecule has 32 heavy (non-hydrogen) atoms. The molecule has 0 aliphatic heterocycles. The summed E-state index contributed by atoms with van der Waals surface area (Å²) >= 11 is 1.63. The number of amides is 2. The van der Waals surface area contributed by atoms with Gasteiger partial charge in [0.15, 0.2) is 0 Å². The Kier molecular flexibility index (Phi) is 6.69. The van der Waals surface area contributed by atoms with Crippen molar-refractivity contribution >= 4 is 39.1 Å². The van der Waals surface area contributed by atoms with Gasteiger partial charge in [0.05, 0.1) is 11.7 Å². The molecule has 168 valence electrons. The number of fused-ring (bicyclic) bond motifs is 3. The first-order valence-corrected chi connectivity index (χ1v) is 12.0. The SMILES string of the molecule is CCN(CC)C(=O)c1ccc(NC(=O)CCn2cnc3sc4c(c3c2=O)CCCC4)cc1. The lowest BCUT2D eigenvalue weighted by molar-refractivity contribution is -0.116. The van der Waals surface area contributed by atoms with Gasteiger partial charge < -0.3 is 10.2 Å². The van der Waals surface area contributed by atoms with Crippen molar-refractivity contribution in [1.29, 1.82) is 0 Å². The van der Waals surface area contributed by atoms with Gasteiger partial charge in [0, 0.05) is 42.2 Å². The molecule has 1 aliphatic carbocycles. The van der Waals surface area contributed by atoms with Crippen LogP contribution in [0.3, 0.4) is 0 Å². The number of carbonyl (C=O) groups excluding carboxylic acids is 2. The van der Waals surface area contributed by atoms with Crippen LogP contribution >= 0.6 is 11.3 Å². The number of thiophene rings is 1. The Hall–Kier alpha value is -3.00. The summed E-state index contributed by atoms with van der Waals surface area (Å²) in [4.78, 5) is 46.2. The molecule has 1 N–H and O–H groups in total. The monoisotopic (exact) mass is 452 g/mol. The number of anilines is 1. The Labute approximate surface area is 191 Å². The van der Waals surface area contributed by atoms with E-state index in [2.05, 4.69) is 10.3 Å². The average Bonchev–Trinajstić information content (AvgIpc) is 3.19. The third kappa shape index (κ3) is 4.46. The number of rotatable bonds is 7. The predicted molar refractivity (Wildman–Crippen MR) is 127 cm³/mol. The Morgan fingerprint density at radius 2 is 1.84 bits per heavy atom. The van der Waals surface area contributed by atoms with E-state index in [1.165, 1.54) is 15.9 Å². The summed E-state index contributed by atoms with van der Waals surface area (Å²) < 4.78 is 1.54. The Balaban J connectivity index is 1.40. The maximum Gasteiger partial charge on any atom is 0.262 e. The highest BCUT2D eigenvalue weighted by Crippen LogP contribution is 2.33. The summed E-state index contributed by atoms with van der Waals surface area (Å²) in [6.45, 7) is 5.48. The van der Waals surface area contributed by atoms with Crippen molar-refractivity contribution in [3.05, 3.63) is 57.0 Å². The van der Waals surface area contributed by atoms with Gasteiger partial charge in [-0.15, -0.1) is 11.3 Å². The van der Waals surface area contributed by atoms with Gasteiger partial charge in [-0.05, 0) is 69.4 Å². The summed E-state index contributed by atoms with van der Waals surface area (Å²) in [7, 11) is 0. The van der Waals surface area contributed by atoms with Gasteiger partial charge in [0.1, 0.15) is 4.83 Å². The zero-order valence-corrected chi connectivity index (χ0v) is 19.3. The molecule has 2 amide bonds. The first-order chi connectivity index (χ1) is 15.5. The normalized spacial score (nSPS) is 13.1. The molecular weight excluding hydrogens is 424 g/mol. The van der Waals surface area contributed by atoms with E-state index in [4.69, 9.17) is 0 Å². The molecule has 1 aromatic carbocycles. The van der Waals surface area contributed by atoms with Crippen LogP contribution in [0.1, 0.15) is 53.9 Å². The molecule has 0 saturated carbocycles. The topological polar surface area (TPSA) is 84.3 Å². The summed E-state index contributed by atoms with van der Waals surface area (Å²) in [5.41, 5.74) is 2.32. The van der Waals surface area contributed by atoms with Crippen LogP contribution in [-0.4, -0.2) is 39.4 Å². The first kappa shape index (κ1) is 22.2. The predicted octanol–water partition coefficient (Wildman–Crippen LogP) is 3.85. The second-order valence-corrected chi connectivity index (χ2v) is 9.07. The molecule has 4 rings (SSSR count). The number of carbonyl (C=O) groups is 2. The number of hydrogen-bond acceptors (Lipinski definition) is 5. The summed E-state index contributed by atoms with van der Waals surface area (Å²) in [6.07, 6.45) is 5.95. The smallest absolute Gasteiger partial charge is 0.262 e. The van der Waals surface area contributed by atoms with E-state index in [-0.39, 0.29) is 30.3 Å². The molecule has 0 unspecified atom stereocenters. The second kappa shape index (κ2) is 9.65. The van der Waals surface area contributed by atoms with Crippen LogP contribution in [0.4, 0.5) is 5.69 Å². The number of aryl methyl sites for hydroxylation is 3. The quantitative estimate of drug-likeness (QED) is 0.590. The lowest BCUT2D eigenvalue weighted by Crippen LogP contribution is -2.30. The number of nitrogens with one attached hydrogen (secondary N) is 1. The molecule has 0 radical (unpaired) electrons. The summed E-state index contributed by atoms with van der Waals surface area (Å²) in [5, 5.41) is 3.58. The fourth-order valence-electron chi connectivity index (χ4n) is 4.18. The average molecular weight is 453 g/mol. The maximum atomic E-state index is 13.0. The second-order valence-electron chi connectivity index (χ2n) is 7.99. The van der Waals surface area contributed by atoms with E-state index < -0.39 is 0 Å². The maximum absolute atomic E-state index is 13.0. The molecule has 2 heterocycles. The minimum absolute atomic E-state index is 0.0224. The standard InChI is InChI=1S/C24H28N4O3S/c1-3-27(4-2)23(30)16-9-11-17(12-10-16)26-20(29)13-14-28-15-25-22-21(24(28)31)18-7-5-6-8-19(18)32-22/h9-12,15H,3-8,13-14H2,1-2H3,(H,26,29). The fraction of sp³-hybridized carbons (Fsp3) is 0.417. The molecule has 2 aromatic heterocycles. The molecule has 8 heteroatoms. The van der Waals surface area contributed by atoms with E-state index in [1.807, 2.05) is 13.8 Å². The van der Waals surface area contributed by atoms with Crippen LogP contribution in [0.2, 0.25) is 0 Å². The number of aromatic nitrogens is 2. The van der Waals surface area contributed by atoms with Crippen molar-refractivity contribution in [1.82, 2.24) is 14.5 Å². The lowest BCUT2D eigenvalue weighted by atomic mass is 9.97. The van der Waals surface area contributed by atoms with Gasteiger partial charge >= 0.3 is 0 Å². The van der Waals surface area contributed by atoms with Crippen LogP contribution in [-0.2, 0) is 24.2 Å². The lowest BCUT2D eigenvalue weighted by Gasteiger charge is -2.18. The van der Waals surface area contributed by atoms with Crippen LogP contribution in [0.15, 0.2) is 35.4 Å². The number of nitrogens with zero attached hydrogens (tertiary/aromatic N) is 3. The van der Waals surface area contributed by atoms with Crippen molar-refractivity contribution in [3.8, 4) is 0 Å². The van der Waals surface area contributed by atoms with E-state index in [0.717, 1.165) is 35.0 Å². The van der Waals surface area contributed by atoms with Crippen LogP contribution in [0, 0.1) is 0 Å². The van der Waals surface area contributed by atoms with E-state index in [1.54, 1.807) is 46.8 Å². The number of benzene rings is 1. The first-order valence-electron chi connectivity index (χ1n) is 11.2. The molecule has 1 aliphatic rings. The van der Waals surface area contributed by atoms with Gasteiger partial charge in [-0.3, -0.25) is 19.0 Å². The van der Waals surface area contributed by atoms with E-state index in [9.17, 15) is 14.4 Å². The van der Waals surface area contributed by atoms with Crippen molar-refractivity contribution in [2.24, 2.45) is 0 Å². The third-order valence-corrected chi connectivity index (χ3v) is 7.19. The van der Waals surface area contributed by atoms with E-state index >= 15 is 0 Å². The minimum atomic E-state index is -0.188. The molecule has 0 atom stereocenters. The highest BCUT2D eigenvalue weighted by atomic mass is 32.1. The molecule has 0 spiro atoms. The Morgan fingerprint density at radius 3 is 2.56 bits per heavy atom. The highest BCUT2D eigenvalue weighted by Gasteiger charge is 2.20. The van der Waals surface area contributed by atoms with Gasteiger partial charge in [-0.1, -0.05) is 0 Å². The van der Waals surface area contributed by atoms with Gasteiger partial charge in [-0.25, -0.2) is 4.98 Å². The molecule has 0 fully saturated rings. The Bertz CT molecular complexity index is 1190. The van der Waals surface area contributed by atoms with Crippen molar-refractivity contribution in [3.63, 3.8) is 0 Å². The largest absolute Gasteiger partial charge is 0.339 e. The van der Waals surface area contributed by atoms with Gasteiger partial charge in [0.25, 0.3) is 11.5 Å². The van der Waals surface area contributed by atoms with Gasteiger partial charge in [-0.2, -0.15) is 0 Å². The zero-order chi connectivity index (χ0) is 22.7. The minimum Gasteiger partial charge on any atom is -0.339 e. The molecule has 0 bridgehead atoms. The molecule has 0 saturated heterocycles. The Morgan fingerprint density at radius 1 is 1.12 bits per heavy atom. The number of hydrogen-bond donors (Lipinski definition) is 1. The van der Waals surface area contributed by atoms with Gasteiger partial charge in [0.2, 0.25) is 5.91 Å². The zero-order valence-electron chi connectivity index (χ0n) is 18.5. The molecule has 7 nitrogen and oxygen atoms in total. The summed E-state index contributed by atoms with van der Waals surface area (Å²) in [6, 6.07) is 6.90. The van der Waals surface area contributed by atoms with Crippen molar-refractivity contribution in [2.75, 3.05) is 18.4 Å². The van der Waals surface area contributed by atoms with Crippen molar-refractivity contribution < 1.29 is 9.59 Å². The van der Waals surface area contributed by atoms with Crippen LogP contribution < -0.4 is 10.9 Å². The summed E-state index contributed by atoms with van der Waals surface area (Å²) in [5.74, 6) is -0.210.